The average Bonchev–Trinajstić information content (AvgIpc) is 3.59. The van der Waals surface area contributed by atoms with Gasteiger partial charge < -0.3 is 30.0 Å². The largest absolute Gasteiger partial charge is 0.489 e. The number of nitrogens with zero attached hydrogens (tertiary/aromatic N) is 8. The van der Waals surface area contributed by atoms with Crippen LogP contribution in [0.3, 0.4) is 0 Å². The van der Waals surface area contributed by atoms with Crippen molar-refractivity contribution in [2.24, 2.45) is 24.8 Å². The first-order valence-electron chi connectivity index (χ1n) is 13.1. The van der Waals surface area contributed by atoms with Gasteiger partial charge in [0.25, 0.3) is 5.91 Å². The quantitative estimate of drug-likeness (QED) is 0.390. The number of carbonyl (C=O) groups excluding carboxylic acids is 1. The smallest absolute Gasteiger partial charge is 0.321 e. The molecule has 13 nitrogen and oxygen atoms in total. The highest BCUT2D eigenvalue weighted by Crippen LogP contribution is 2.37. The minimum Gasteiger partial charge on any atom is -0.489 e. The van der Waals surface area contributed by atoms with Crippen molar-refractivity contribution in [3.8, 4) is 29.1 Å². The van der Waals surface area contributed by atoms with Crippen molar-refractivity contribution in [1.82, 2.24) is 34.8 Å². The van der Waals surface area contributed by atoms with Crippen molar-refractivity contribution >= 4 is 17.7 Å². The molecule has 39 heavy (non-hydrogen) atoms. The molecule has 0 spiro atoms. The number of hydrogen-bond acceptors (Lipinski definition) is 11. The number of hydrogen-bond donors (Lipinski definition) is 2. The third kappa shape index (κ3) is 6.34. The fourth-order valence-electron chi connectivity index (χ4n) is 4.44. The SMILES string of the molecule is CCNC(=O)c1nc(OC[C@H]2CC2C#N)nc(N2CCC(COc3cc(-c4cn(C)cn4)cnc3N)CC2)n1. The van der Waals surface area contributed by atoms with E-state index in [2.05, 4.69) is 36.3 Å². The molecule has 3 aromatic heterocycles. The van der Waals surface area contributed by atoms with Crippen LogP contribution in [0.25, 0.3) is 11.3 Å². The second-order valence-electron chi connectivity index (χ2n) is 9.92. The van der Waals surface area contributed by atoms with E-state index in [0.717, 1.165) is 30.5 Å². The highest BCUT2D eigenvalue weighted by Gasteiger charge is 2.38. The van der Waals surface area contributed by atoms with Gasteiger partial charge in [-0.2, -0.15) is 20.2 Å². The predicted octanol–water partition coefficient (Wildman–Crippen LogP) is 1.83. The molecule has 204 valence electrons. The number of anilines is 2. The number of nitriles is 1. The molecule has 1 unspecified atom stereocenters. The molecule has 2 aliphatic rings. The van der Waals surface area contributed by atoms with E-state index in [0.29, 0.717) is 56.3 Å². The lowest BCUT2D eigenvalue weighted by atomic mass is 9.98. The molecule has 2 fully saturated rings. The summed E-state index contributed by atoms with van der Waals surface area (Å²) in [5.41, 5.74) is 7.72. The molecule has 5 rings (SSSR count). The Kier molecular flexibility index (Phi) is 7.72. The summed E-state index contributed by atoms with van der Waals surface area (Å²) >= 11 is 0. The van der Waals surface area contributed by atoms with Gasteiger partial charge in [-0.25, -0.2) is 9.97 Å². The Bertz CT molecular complexity index is 1360. The Morgan fingerprint density at radius 3 is 2.72 bits per heavy atom. The molecule has 3 aromatic rings. The first-order valence-corrected chi connectivity index (χ1v) is 13.1. The molecule has 3 N–H and O–H groups in total. The summed E-state index contributed by atoms with van der Waals surface area (Å²) in [7, 11) is 1.91. The number of aromatic nitrogens is 6. The normalized spacial score (nSPS) is 18.8. The number of imidazole rings is 1. The van der Waals surface area contributed by atoms with E-state index in [1.54, 1.807) is 12.5 Å². The van der Waals surface area contributed by atoms with Gasteiger partial charge in [-0.3, -0.25) is 4.79 Å². The zero-order valence-electron chi connectivity index (χ0n) is 22.1. The van der Waals surface area contributed by atoms with Gasteiger partial charge in [0.1, 0.15) is 0 Å². The van der Waals surface area contributed by atoms with Crippen molar-refractivity contribution in [2.45, 2.75) is 26.2 Å². The van der Waals surface area contributed by atoms with Crippen molar-refractivity contribution in [3.05, 3.63) is 30.6 Å². The van der Waals surface area contributed by atoms with Crippen molar-refractivity contribution in [3.63, 3.8) is 0 Å². The van der Waals surface area contributed by atoms with Crippen LogP contribution in [-0.4, -0.2) is 68.2 Å². The fourth-order valence-corrected chi connectivity index (χ4v) is 4.44. The van der Waals surface area contributed by atoms with Crippen LogP contribution in [0.1, 0.15) is 36.8 Å². The highest BCUT2D eigenvalue weighted by atomic mass is 16.5. The minimum absolute atomic E-state index is 0.0130. The molecule has 1 aliphatic carbocycles. The lowest BCUT2D eigenvalue weighted by molar-refractivity contribution is 0.0943. The van der Waals surface area contributed by atoms with Crippen LogP contribution in [0.4, 0.5) is 11.8 Å². The number of nitrogens with one attached hydrogen (secondary N) is 1. The molecular formula is C26H32N10O3. The van der Waals surface area contributed by atoms with Gasteiger partial charge in [0.2, 0.25) is 11.8 Å². The molecule has 4 heterocycles. The summed E-state index contributed by atoms with van der Waals surface area (Å²) in [5, 5.41) is 11.8. The van der Waals surface area contributed by atoms with Gasteiger partial charge in [0.15, 0.2) is 11.6 Å². The molecule has 0 radical (unpaired) electrons. The Balaban J connectivity index is 1.20. The summed E-state index contributed by atoms with van der Waals surface area (Å²) < 4.78 is 13.7. The fraction of sp³-hybridized carbons (Fsp3) is 0.500. The van der Waals surface area contributed by atoms with Crippen LogP contribution < -0.4 is 25.4 Å². The zero-order valence-corrected chi connectivity index (χ0v) is 22.1. The second-order valence-corrected chi connectivity index (χ2v) is 9.92. The Labute approximate surface area is 226 Å². The third-order valence-electron chi connectivity index (χ3n) is 6.91. The summed E-state index contributed by atoms with van der Waals surface area (Å²) in [6.07, 6.45) is 7.84. The van der Waals surface area contributed by atoms with Crippen LogP contribution >= 0.6 is 0 Å². The second kappa shape index (κ2) is 11.5. The van der Waals surface area contributed by atoms with Gasteiger partial charge in [-0.15, -0.1) is 0 Å². The maximum absolute atomic E-state index is 12.5. The van der Waals surface area contributed by atoms with E-state index < -0.39 is 0 Å². The lowest BCUT2D eigenvalue weighted by Gasteiger charge is -2.32. The van der Waals surface area contributed by atoms with Crippen LogP contribution in [0.15, 0.2) is 24.8 Å². The van der Waals surface area contributed by atoms with Crippen molar-refractivity contribution in [2.75, 3.05) is 43.5 Å². The number of amides is 1. The first kappa shape index (κ1) is 26.1. The molecule has 0 aromatic carbocycles. The van der Waals surface area contributed by atoms with E-state index >= 15 is 0 Å². The number of aryl methyl sites for hydroxylation is 1. The number of pyridine rings is 1. The number of nitrogen functional groups attached to an aromatic ring is 1. The Morgan fingerprint density at radius 2 is 2.03 bits per heavy atom. The van der Waals surface area contributed by atoms with Crippen LogP contribution in [0.2, 0.25) is 0 Å². The van der Waals surface area contributed by atoms with Gasteiger partial charge in [-0.1, -0.05) is 0 Å². The summed E-state index contributed by atoms with van der Waals surface area (Å²) in [6.45, 7) is 4.51. The van der Waals surface area contributed by atoms with Crippen molar-refractivity contribution in [1.29, 1.82) is 5.26 Å². The van der Waals surface area contributed by atoms with E-state index in [1.807, 2.05) is 35.7 Å². The van der Waals surface area contributed by atoms with Gasteiger partial charge in [0.05, 0.1) is 37.2 Å². The minimum atomic E-state index is -0.380. The Morgan fingerprint density at radius 1 is 1.21 bits per heavy atom. The molecule has 1 saturated heterocycles. The van der Waals surface area contributed by atoms with Gasteiger partial charge in [0, 0.05) is 50.6 Å². The molecule has 1 aliphatic heterocycles. The van der Waals surface area contributed by atoms with E-state index in [9.17, 15) is 4.79 Å². The van der Waals surface area contributed by atoms with Gasteiger partial charge in [-0.05, 0) is 38.2 Å². The zero-order chi connectivity index (χ0) is 27.4. The molecule has 13 heteroatoms. The number of carbonyl (C=O) groups is 1. The lowest BCUT2D eigenvalue weighted by Crippen LogP contribution is -2.37. The molecule has 1 saturated carbocycles. The topological polar surface area (TPSA) is 170 Å². The number of piperidine rings is 1. The van der Waals surface area contributed by atoms with Crippen LogP contribution in [-0.2, 0) is 7.05 Å². The highest BCUT2D eigenvalue weighted by molar-refractivity contribution is 5.90. The summed E-state index contributed by atoms with van der Waals surface area (Å²) in [5.74, 6) is 1.42. The monoisotopic (exact) mass is 532 g/mol. The summed E-state index contributed by atoms with van der Waals surface area (Å²) in [4.78, 5) is 36.2. The first-order chi connectivity index (χ1) is 18.9. The summed E-state index contributed by atoms with van der Waals surface area (Å²) in [6, 6.07) is 4.22. The Hall–Kier alpha value is -4.47. The van der Waals surface area contributed by atoms with E-state index in [1.165, 1.54) is 0 Å². The van der Waals surface area contributed by atoms with E-state index in [-0.39, 0.29) is 29.6 Å². The molecule has 1 amide bonds. The number of rotatable bonds is 10. The van der Waals surface area contributed by atoms with Crippen LogP contribution in [0.5, 0.6) is 11.8 Å². The average molecular weight is 533 g/mol. The van der Waals surface area contributed by atoms with Crippen LogP contribution in [0, 0.1) is 29.1 Å². The predicted molar refractivity (Wildman–Crippen MR) is 142 cm³/mol. The molecular weight excluding hydrogens is 500 g/mol. The standard InChI is InChI=1S/C26H32N10O3/c1-3-29-24(37)23-32-25(34-26(33-23)39-14-19-8-17(19)10-27)36-6-4-16(5-7-36)13-38-21-9-18(11-30-22(21)28)20-12-35(2)15-31-20/h9,11-12,15-17,19H,3-8,13-14H2,1-2H3,(H2,28,30)(H,29,37)/t17?,19-/m1/s1. The maximum atomic E-state index is 12.5. The maximum Gasteiger partial charge on any atom is 0.321 e. The number of nitrogens with two attached hydrogens (primary N) is 1. The van der Waals surface area contributed by atoms with Gasteiger partial charge >= 0.3 is 6.01 Å². The third-order valence-corrected chi connectivity index (χ3v) is 6.91. The molecule has 0 bridgehead atoms. The number of ether oxygens (including phenoxy) is 2. The molecule has 2 atom stereocenters. The van der Waals surface area contributed by atoms with Crippen molar-refractivity contribution < 1.29 is 14.3 Å². The van der Waals surface area contributed by atoms with E-state index in [4.69, 9.17) is 20.5 Å².